The van der Waals surface area contributed by atoms with Gasteiger partial charge in [0.15, 0.2) is 0 Å². The van der Waals surface area contributed by atoms with Gasteiger partial charge in [-0.1, -0.05) is 26.0 Å². The van der Waals surface area contributed by atoms with E-state index in [1.165, 1.54) is 0 Å². The molecule has 1 aromatic carbocycles. The quantitative estimate of drug-likeness (QED) is 0.855. The van der Waals surface area contributed by atoms with Gasteiger partial charge in [-0.3, -0.25) is 4.79 Å². The van der Waals surface area contributed by atoms with Gasteiger partial charge in [0, 0.05) is 6.42 Å². The fourth-order valence-electron chi connectivity index (χ4n) is 1.35. The fourth-order valence-corrected chi connectivity index (χ4v) is 1.35. The Labute approximate surface area is 97.1 Å². The molecule has 0 saturated heterocycles. The number of hydrogen-bond acceptors (Lipinski definition) is 2. The van der Waals surface area contributed by atoms with Crippen LogP contribution in [0.25, 0.3) is 0 Å². The van der Waals surface area contributed by atoms with Crippen LogP contribution in [0.1, 0.15) is 31.4 Å². The number of benzene rings is 1. The van der Waals surface area contributed by atoms with E-state index in [1.807, 2.05) is 39.0 Å². The smallest absolute Gasteiger partial charge is 0.303 e. The lowest BCUT2D eigenvalue weighted by molar-refractivity contribution is -0.136. The predicted octanol–water partition coefficient (Wildman–Crippen LogP) is 3.05. The first kappa shape index (κ1) is 14.5. The third kappa shape index (κ3) is 4.82. The summed E-state index contributed by atoms with van der Waals surface area (Å²) in [6.07, 6.45) is 0.742. The summed E-state index contributed by atoms with van der Waals surface area (Å²) in [4.78, 5) is 10.4. The molecule has 0 aliphatic heterocycles. The molecule has 0 atom stereocenters. The number of carboxylic acid groups (broad SMARTS) is 1. The molecule has 90 valence electrons. The van der Waals surface area contributed by atoms with Crippen LogP contribution in [0.15, 0.2) is 18.2 Å². The van der Waals surface area contributed by atoms with Crippen LogP contribution in [0.2, 0.25) is 0 Å². The summed E-state index contributed by atoms with van der Waals surface area (Å²) in [5.74, 6) is 0.0718. The van der Waals surface area contributed by atoms with Crippen molar-refractivity contribution in [2.75, 3.05) is 7.11 Å². The van der Waals surface area contributed by atoms with Crippen LogP contribution >= 0.6 is 0 Å². The molecular formula is C13H20O3. The zero-order chi connectivity index (χ0) is 12.6. The Morgan fingerprint density at radius 3 is 2.44 bits per heavy atom. The van der Waals surface area contributed by atoms with Gasteiger partial charge in [-0.05, 0) is 30.5 Å². The van der Waals surface area contributed by atoms with Gasteiger partial charge >= 0.3 is 5.97 Å². The standard InChI is InChI=1S/C11H14O3.C2H6/c1-8-7-9(4-6-11(12)13)3-5-10(8)14-2;1-2/h3,5,7H,4,6H2,1-2H3,(H,12,13);1-2H3. The average Bonchev–Trinajstić information content (AvgIpc) is 2.29. The second kappa shape index (κ2) is 7.74. The molecule has 0 heterocycles. The van der Waals surface area contributed by atoms with Crippen molar-refractivity contribution in [2.45, 2.75) is 33.6 Å². The van der Waals surface area contributed by atoms with Crippen LogP contribution in [0.3, 0.4) is 0 Å². The van der Waals surface area contributed by atoms with Crippen molar-refractivity contribution in [1.29, 1.82) is 0 Å². The SMILES string of the molecule is CC.COc1ccc(CCC(=O)O)cc1C. The third-order valence-corrected chi connectivity index (χ3v) is 2.09. The van der Waals surface area contributed by atoms with Crippen molar-refractivity contribution in [3.8, 4) is 5.75 Å². The van der Waals surface area contributed by atoms with Gasteiger partial charge in [-0.25, -0.2) is 0 Å². The highest BCUT2D eigenvalue weighted by molar-refractivity contribution is 5.67. The van der Waals surface area contributed by atoms with E-state index in [-0.39, 0.29) is 6.42 Å². The molecule has 0 aliphatic carbocycles. The lowest BCUT2D eigenvalue weighted by atomic mass is 10.1. The molecule has 0 radical (unpaired) electrons. The zero-order valence-electron chi connectivity index (χ0n) is 10.4. The number of aryl methyl sites for hydroxylation is 2. The van der Waals surface area contributed by atoms with Crippen molar-refractivity contribution < 1.29 is 14.6 Å². The number of aliphatic carboxylic acids is 1. The molecule has 0 fully saturated rings. The lowest BCUT2D eigenvalue weighted by Crippen LogP contribution is -1.98. The summed E-state index contributed by atoms with van der Waals surface area (Å²) in [5.41, 5.74) is 2.07. The minimum atomic E-state index is -0.765. The topological polar surface area (TPSA) is 46.5 Å². The molecule has 0 aromatic heterocycles. The van der Waals surface area contributed by atoms with Crippen LogP contribution in [-0.2, 0) is 11.2 Å². The largest absolute Gasteiger partial charge is 0.496 e. The maximum Gasteiger partial charge on any atom is 0.303 e. The molecule has 0 bridgehead atoms. The van der Waals surface area contributed by atoms with Gasteiger partial charge in [-0.15, -0.1) is 0 Å². The number of carbonyl (C=O) groups is 1. The Morgan fingerprint density at radius 2 is 2.00 bits per heavy atom. The Hall–Kier alpha value is -1.51. The van der Waals surface area contributed by atoms with E-state index in [4.69, 9.17) is 9.84 Å². The number of rotatable bonds is 4. The van der Waals surface area contributed by atoms with E-state index in [9.17, 15) is 4.79 Å². The summed E-state index contributed by atoms with van der Waals surface area (Å²) in [7, 11) is 1.62. The highest BCUT2D eigenvalue weighted by Crippen LogP contribution is 2.19. The number of ether oxygens (including phenoxy) is 1. The van der Waals surface area contributed by atoms with Crippen molar-refractivity contribution in [3.63, 3.8) is 0 Å². The second-order valence-electron chi connectivity index (χ2n) is 3.20. The van der Waals surface area contributed by atoms with Crippen LogP contribution in [-0.4, -0.2) is 18.2 Å². The van der Waals surface area contributed by atoms with E-state index in [2.05, 4.69) is 0 Å². The van der Waals surface area contributed by atoms with E-state index < -0.39 is 5.97 Å². The second-order valence-corrected chi connectivity index (χ2v) is 3.20. The van der Waals surface area contributed by atoms with Crippen LogP contribution < -0.4 is 4.74 Å². The minimum absolute atomic E-state index is 0.172. The Balaban J connectivity index is 0.00000106. The van der Waals surface area contributed by atoms with Crippen molar-refractivity contribution >= 4 is 5.97 Å². The Bertz CT molecular complexity index is 332. The zero-order valence-corrected chi connectivity index (χ0v) is 10.4. The number of hydrogen-bond donors (Lipinski definition) is 1. The maximum atomic E-state index is 10.4. The molecule has 0 aliphatic rings. The van der Waals surface area contributed by atoms with Crippen molar-refractivity contribution in [2.24, 2.45) is 0 Å². The number of methoxy groups -OCH3 is 1. The lowest BCUT2D eigenvalue weighted by Gasteiger charge is -2.06. The summed E-state index contributed by atoms with van der Waals surface area (Å²) < 4.78 is 5.11. The molecule has 0 unspecified atom stereocenters. The van der Waals surface area contributed by atoms with Crippen LogP contribution in [0, 0.1) is 6.92 Å². The highest BCUT2D eigenvalue weighted by Gasteiger charge is 2.02. The predicted molar refractivity (Wildman–Crippen MR) is 65.0 cm³/mol. The fraction of sp³-hybridized carbons (Fsp3) is 0.462. The molecule has 0 saturated carbocycles. The van der Waals surface area contributed by atoms with Gasteiger partial charge in [0.1, 0.15) is 5.75 Å². The van der Waals surface area contributed by atoms with E-state index in [0.29, 0.717) is 6.42 Å². The average molecular weight is 224 g/mol. The van der Waals surface area contributed by atoms with Crippen molar-refractivity contribution in [3.05, 3.63) is 29.3 Å². The molecule has 0 amide bonds. The Morgan fingerprint density at radius 1 is 1.38 bits per heavy atom. The molecular weight excluding hydrogens is 204 g/mol. The molecule has 3 nitrogen and oxygen atoms in total. The molecule has 16 heavy (non-hydrogen) atoms. The van der Waals surface area contributed by atoms with Gasteiger partial charge in [0.2, 0.25) is 0 Å². The van der Waals surface area contributed by atoms with E-state index in [0.717, 1.165) is 16.9 Å². The normalized spacial score (nSPS) is 9.00. The molecule has 0 spiro atoms. The summed E-state index contributed by atoms with van der Waals surface area (Å²) in [6, 6.07) is 5.73. The molecule has 1 aromatic rings. The van der Waals surface area contributed by atoms with E-state index in [1.54, 1.807) is 7.11 Å². The van der Waals surface area contributed by atoms with Crippen LogP contribution in [0.4, 0.5) is 0 Å². The molecule has 1 N–H and O–H groups in total. The first-order chi connectivity index (χ1) is 7.63. The van der Waals surface area contributed by atoms with Gasteiger partial charge in [-0.2, -0.15) is 0 Å². The maximum absolute atomic E-state index is 10.4. The Kier molecular flexibility index (Phi) is 7.01. The number of carboxylic acids is 1. The van der Waals surface area contributed by atoms with Crippen molar-refractivity contribution in [1.82, 2.24) is 0 Å². The molecule has 3 heteroatoms. The first-order valence-corrected chi connectivity index (χ1v) is 5.49. The summed E-state index contributed by atoms with van der Waals surface area (Å²) in [5, 5.41) is 8.52. The third-order valence-electron chi connectivity index (χ3n) is 2.09. The highest BCUT2D eigenvalue weighted by atomic mass is 16.5. The van der Waals surface area contributed by atoms with Gasteiger partial charge in [0.25, 0.3) is 0 Å². The minimum Gasteiger partial charge on any atom is -0.496 e. The molecule has 1 rings (SSSR count). The van der Waals surface area contributed by atoms with Gasteiger partial charge in [0.05, 0.1) is 7.11 Å². The van der Waals surface area contributed by atoms with Crippen LogP contribution in [0.5, 0.6) is 5.75 Å². The summed E-state index contributed by atoms with van der Waals surface area (Å²) in [6.45, 7) is 5.95. The first-order valence-electron chi connectivity index (χ1n) is 5.49. The van der Waals surface area contributed by atoms with E-state index >= 15 is 0 Å². The summed E-state index contributed by atoms with van der Waals surface area (Å²) >= 11 is 0. The monoisotopic (exact) mass is 224 g/mol. The van der Waals surface area contributed by atoms with Gasteiger partial charge < -0.3 is 9.84 Å².